The quantitative estimate of drug-likeness (QED) is 0.849. The van der Waals surface area contributed by atoms with E-state index in [1.165, 1.54) is 5.56 Å². The summed E-state index contributed by atoms with van der Waals surface area (Å²) in [5.74, 6) is -0.855. The first-order chi connectivity index (χ1) is 7.68. The minimum Gasteiger partial charge on any atom is -0.479 e. The zero-order valence-electron chi connectivity index (χ0n) is 9.35. The van der Waals surface area contributed by atoms with Crippen molar-refractivity contribution in [3.8, 4) is 0 Å². The van der Waals surface area contributed by atoms with Gasteiger partial charge in [0, 0.05) is 5.41 Å². The zero-order chi connectivity index (χ0) is 11.6. The number of ether oxygens (including phenoxy) is 1. The lowest BCUT2D eigenvalue weighted by Crippen LogP contribution is -2.27. The van der Waals surface area contributed by atoms with E-state index in [1.807, 2.05) is 18.2 Å². The van der Waals surface area contributed by atoms with Crippen LogP contribution >= 0.6 is 0 Å². The summed E-state index contributed by atoms with van der Waals surface area (Å²) in [5, 5.41) is 8.96. The molecule has 1 aromatic rings. The van der Waals surface area contributed by atoms with E-state index in [-0.39, 0.29) is 5.41 Å². The van der Waals surface area contributed by atoms with Crippen molar-refractivity contribution in [1.29, 1.82) is 0 Å². The van der Waals surface area contributed by atoms with Gasteiger partial charge < -0.3 is 9.84 Å². The lowest BCUT2D eigenvalue weighted by Gasteiger charge is -2.26. The summed E-state index contributed by atoms with van der Waals surface area (Å²) in [4.78, 5) is 10.9. The van der Waals surface area contributed by atoms with Crippen LogP contribution in [0.4, 0.5) is 0 Å². The predicted octanol–water partition coefficient (Wildman–Crippen LogP) is 2.21. The monoisotopic (exact) mass is 220 g/mol. The van der Waals surface area contributed by atoms with Crippen LogP contribution in [0, 0.1) is 0 Å². The molecule has 1 fully saturated rings. The lowest BCUT2D eigenvalue weighted by atomic mass is 9.76. The Hall–Kier alpha value is -1.35. The van der Waals surface area contributed by atoms with Gasteiger partial charge in [0.1, 0.15) is 0 Å². The van der Waals surface area contributed by atoms with Gasteiger partial charge in [-0.2, -0.15) is 0 Å². The highest BCUT2D eigenvalue weighted by atomic mass is 16.5. The fourth-order valence-corrected chi connectivity index (χ4v) is 2.33. The molecule has 1 N–H and O–H groups in total. The molecule has 1 aliphatic heterocycles. The highest BCUT2D eigenvalue weighted by Gasteiger charge is 2.42. The second-order valence-corrected chi connectivity index (χ2v) is 4.34. The van der Waals surface area contributed by atoms with Crippen molar-refractivity contribution in [2.45, 2.75) is 31.3 Å². The highest BCUT2D eigenvalue weighted by molar-refractivity contribution is 5.73. The molecule has 0 bridgehead atoms. The van der Waals surface area contributed by atoms with Crippen LogP contribution in [0.5, 0.6) is 0 Å². The molecule has 0 saturated carbocycles. The van der Waals surface area contributed by atoms with Crippen LogP contribution in [0.2, 0.25) is 0 Å². The van der Waals surface area contributed by atoms with Gasteiger partial charge in [0.15, 0.2) is 6.10 Å². The molecule has 1 saturated heterocycles. The highest BCUT2D eigenvalue weighted by Crippen LogP contribution is 2.39. The molecule has 0 aliphatic carbocycles. The molecular weight excluding hydrogens is 204 g/mol. The van der Waals surface area contributed by atoms with Gasteiger partial charge in [0.2, 0.25) is 0 Å². The maximum atomic E-state index is 10.9. The molecule has 2 unspecified atom stereocenters. The molecule has 1 aromatic carbocycles. The van der Waals surface area contributed by atoms with Crippen molar-refractivity contribution >= 4 is 5.97 Å². The van der Waals surface area contributed by atoms with Crippen LogP contribution in [0.3, 0.4) is 0 Å². The van der Waals surface area contributed by atoms with E-state index in [0.717, 1.165) is 6.42 Å². The third-order valence-electron chi connectivity index (χ3n) is 3.48. The molecule has 0 amide bonds. The first-order valence-corrected chi connectivity index (χ1v) is 5.58. The van der Waals surface area contributed by atoms with Crippen LogP contribution in [-0.4, -0.2) is 23.8 Å². The summed E-state index contributed by atoms with van der Waals surface area (Å²) in [5.41, 5.74) is 1.06. The summed E-state index contributed by atoms with van der Waals surface area (Å²) in [6.45, 7) is 2.59. The Morgan fingerprint density at radius 1 is 1.50 bits per heavy atom. The van der Waals surface area contributed by atoms with Crippen molar-refractivity contribution < 1.29 is 14.6 Å². The van der Waals surface area contributed by atoms with Gasteiger partial charge in [-0.05, 0) is 18.4 Å². The van der Waals surface area contributed by atoms with Gasteiger partial charge in [-0.15, -0.1) is 0 Å². The average Bonchev–Trinajstić information content (AvgIpc) is 2.76. The number of benzene rings is 1. The third kappa shape index (κ3) is 1.83. The molecule has 1 aliphatic rings. The largest absolute Gasteiger partial charge is 0.479 e. The summed E-state index contributed by atoms with van der Waals surface area (Å²) in [6, 6.07) is 10.0. The van der Waals surface area contributed by atoms with E-state index in [0.29, 0.717) is 13.0 Å². The smallest absolute Gasteiger partial charge is 0.332 e. The van der Waals surface area contributed by atoms with E-state index in [4.69, 9.17) is 9.84 Å². The maximum Gasteiger partial charge on any atom is 0.332 e. The number of rotatable bonds is 3. The fourth-order valence-electron chi connectivity index (χ4n) is 2.33. The van der Waals surface area contributed by atoms with Crippen LogP contribution < -0.4 is 0 Å². The first-order valence-electron chi connectivity index (χ1n) is 5.58. The number of carboxylic acid groups (broad SMARTS) is 1. The van der Waals surface area contributed by atoms with E-state index < -0.39 is 12.1 Å². The first kappa shape index (κ1) is 11.1. The normalized spacial score (nSPS) is 29.2. The summed E-state index contributed by atoms with van der Waals surface area (Å²) >= 11 is 0. The van der Waals surface area contributed by atoms with Crippen LogP contribution in [0.25, 0.3) is 0 Å². The van der Waals surface area contributed by atoms with Gasteiger partial charge in [0.05, 0.1) is 6.61 Å². The summed E-state index contributed by atoms with van der Waals surface area (Å²) < 4.78 is 5.38. The van der Waals surface area contributed by atoms with Crippen molar-refractivity contribution in [3.05, 3.63) is 35.9 Å². The van der Waals surface area contributed by atoms with Gasteiger partial charge >= 0.3 is 5.97 Å². The second-order valence-electron chi connectivity index (χ2n) is 4.34. The fraction of sp³-hybridized carbons (Fsp3) is 0.462. The van der Waals surface area contributed by atoms with Gasteiger partial charge in [-0.1, -0.05) is 37.3 Å². The Morgan fingerprint density at radius 2 is 2.19 bits per heavy atom. The van der Waals surface area contributed by atoms with E-state index >= 15 is 0 Å². The topological polar surface area (TPSA) is 46.5 Å². The minimum absolute atomic E-state index is 0.121. The SMILES string of the molecule is CCC1(c2ccccc2)COC(C(=O)O)C1. The Kier molecular flexibility index (Phi) is 2.97. The molecule has 86 valence electrons. The number of hydrogen-bond donors (Lipinski definition) is 1. The van der Waals surface area contributed by atoms with Gasteiger partial charge in [-0.3, -0.25) is 0 Å². The Labute approximate surface area is 95.0 Å². The van der Waals surface area contributed by atoms with Crippen molar-refractivity contribution in [2.75, 3.05) is 6.61 Å². The summed E-state index contributed by atoms with van der Waals surface area (Å²) in [7, 11) is 0. The molecule has 2 atom stereocenters. The number of carbonyl (C=O) groups is 1. The Bertz CT molecular complexity index is 374. The lowest BCUT2D eigenvalue weighted by molar-refractivity contribution is -0.147. The molecule has 2 rings (SSSR count). The second kappa shape index (κ2) is 4.26. The standard InChI is InChI=1S/C13H16O3/c1-2-13(10-6-4-3-5-7-10)8-11(12(14)15)16-9-13/h3-7,11H,2,8-9H2,1H3,(H,14,15). The number of carboxylic acids is 1. The van der Waals surface area contributed by atoms with Crippen LogP contribution in [0.1, 0.15) is 25.3 Å². The predicted molar refractivity (Wildman–Crippen MR) is 60.4 cm³/mol. The van der Waals surface area contributed by atoms with Gasteiger partial charge in [-0.25, -0.2) is 4.79 Å². The van der Waals surface area contributed by atoms with Crippen LogP contribution in [0.15, 0.2) is 30.3 Å². The molecule has 0 spiro atoms. The Morgan fingerprint density at radius 3 is 2.69 bits per heavy atom. The maximum absolute atomic E-state index is 10.9. The van der Waals surface area contributed by atoms with E-state index in [1.54, 1.807) is 0 Å². The van der Waals surface area contributed by atoms with Gasteiger partial charge in [0.25, 0.3) is 0 Å². The summed E-state index contributed by atoms with van der Waals surface area (Å²) in [6.07, 6.45) is 0.823. The number of aliphatic carboxylic acids is 1. The van der Waals surface area contributed by atoms with Crippen molar-refractivity contribution in [2.24, 2.45) is 0 Å². The Balaban J connectivity index is 2.26. The molecule has 3 nitrogen and oxygen atoms in total. The molecule has 3 heteroatoms. The van der Waals surface area contributed by atoms with Crippen LogP contribution in [-0.2, 0) is 14.9 Å². The molecule has 0 aromatic heterocycles. The van der Waals surface area contributed by atoms with E-state index in [9.17, 15) is 4.79 Å². The molecule has 16 heavy (non-hydrogen) atoms. The molecule has 0 radical (unpaired) electrons. The average molecular weight is 220 g/mol. The zero-order valence-corrected chi connectivity index (χ0v) is 9.35. The third-order valence-corrected chi connectivity index (χ3v) is 3.48. The van der Waals surface area contributed by atoms with E-state index in [2.05, 4.69) is 19.1 Å². The van der Waals surface area contributed by atoms with Crippen molar-refractivity contribution in [1.82, 2.24) is 0 Å². The van der Waals surface area contributed by atoms with Crippen molar-refractivity contribution in [3.63, 3.8) is 0 Å². The molecule has 1 heterocycles. The molecular formula is C13H16O3. The number of hydrogen-bond acceptors (Lipinski definition) is 2. The minimum atomic E-state index is -0.855.